The van der Waals surface area contributed by atoms with Gasteiger partial charge in [0.05, 0.1) is 5.02 Å². The quantitative estimate of drug-likeness (QED) is 0.832. The van der Waals surface area contributed by atoms with Crippen LogP contribution in [-0.2, 0) is 4.79 Å². The summed E-state index contributed by atoms with van der Waals surface area (Å²) in [4.78, 5) is 15.5. The van der Waals surface area contributed by atoms with Gasteiger partial charge in [-0.1, -0.05) is 30.7 Å². The van der Waals surface area contributed by atoms with E-state index in [0.29, 0.717) is 23.8 Å². The molecule has 0 aliphatic carbocycles. The second-order valence-corrected chi connectivity index (χ2v) is 5.83. The van der Waals surface area contributed by atoms with Crippen molar-refractivity contribution < 1.29 is 14.6 Å². The molecule has 0 bridgehead atoms. The molecule has 1 heterocycles. The molecule has 122 valence electrons. The standard InChI is InChI=1S/C16H23ClN2O3/c1-2-14(16(20)21)19-9-7-18(8-10-19)11-12-22-15-6-4-3-5-13(15)17/h3-6,14H,2,7-12H2,1H3,(H,20,21)/t14-/m1/s1. The molecule has 0 amide bonds. The minimum absolute atomic E-state index is 0.360. The highest BCUT2D eigenvalue weighted by molar-refractivity contribution is 6.32. The fourth-order valence-electron chi connectivity index (χ4n) is 2.73. The van der Waals surface area contributed by atoms with Gasteiger partial charge in [-0.2, -0.15) is 0 Å². The van der Waals surface area contributed by atoms with Crippen LogP contribution in [0.5, 0.6) is 5.75 Å². The van der Waals surface area contributed by atoms with Gasteiger partial charge in [-0.15, -0.1) is 0 Å². The molecule has 1 aliphatic heterocycles. The Kier molecular flexibility index (Phi) is 6.49. The summed E-state index contributed by atoms with van der Waals surface area (Å²) < 4.78 is 5.69. The third-order valence-electron chi connectivity index (χ3n) is 4.02. The van der Waals surface area contributed by atoms with Crippen molar-refractivity contribution in [3.63, 3.8) is 0 Å². The summed E-state index contributed by atoms with van der Waals surface area (Å²) in [5.41, 5.74) is 0. The molecule has 1 aromatic carbocycles. The summed E-state index contributed by atoms with van der Waals surface area (Å²) in [6.45, 7) is 6.64. The first kappa shape index (κ1) is 17.1. The van der Waals surface area contributed by atoms with Gasteiger partial charge >= 0.3 is 5.97 Å². The third kappa shape index (κ3) is 4.60. The van der Waals surface area contributed by atoms with Crippen LogP contribution in [0.2, 0.25) is 5.02 Å². The molecule has 0 unspecified atom stereocenters. The number of halogens is 1. The molecular weight excluding hydrogens is 304 g/mol. The number of nitrogens with zero attached hydrogens (tertiary/aromatic N) is 2. The maximum atomic E-state index is 11.2. The van der Waals surface area contributed by atoms with E-state index in [4.69, 9.17) is 16.3 Å². The van der Waals surface area contributed by atoms with E-state index in [2.05, 4.69) is 4.90 Å². The third-order valence-corrected chi connectivity index (χ3v) is 4.33. The van der Waals surface area contributed by atoms with Gasteiger partial charge in [-0.3, -0.25) is 14.6 Å². The van der Waals surface area contributed by atoms with E-state index >= 15 is 0 Å². The molecule has 6 heteroatoms. The lowest BCUT2D eigenvalue weighted by molar-refractivity contribution is -0.144. The molecule has 0 aromatic heterocycles. The SMILES string of the molecule is CC[C@H](C(=O)O)N1CCN(CCOc2ccccc2Cl)CC1. The number of rotatable bonds is 7. The Bertz CT molecular complexity index is 490. The van der Waals surface area contributed by atoms with E-state index in [-0.39, 0.29) is 6.04 Å². The summed E-state index contributed by atoms with van der Waals surface area (Å²) in [6.07, 6.45) is 0.644. The van der Waals surface area contributed by atoms with Crippen LogP contribution >= 0.6 is 11.6 Å². The number of carboxylic acids is 1. The molecule has 0 spiro atoms. The Morgan fingerprint density at radius 1 is 1.32 bits per heavy atom. The van der Waals surface area contributed by atoms with Gasteiger partial charge in [0.15, 0.2) is 0 Å². The van der Waals surface area contributed by atoms with Crippen molar-refractivity contribution >= 4 is 17.6 Å². The zero-order chi connectivity index (χ0) is 15.9. The lowest BCUT2D eigenvalue weighted by Gasteiger charge is -2.37. The maximum absolute atomic E-state index is 11.2. The molecule has 1 saturated heterocycles. The summed E-state index contributed by atoms with van der Waals surface area (Å²) in [6, 6.07) is 7.09. The van der Waals surface area contributed by atoms with Crippen LogP contribution in [0.3, 0.4) is 0 Å². The average Bonchev–Trinajstić information content (AvgIpc) is 2.51. The van der Waals surface area contributed by atoms with Gasteiger partial charge in [-0.05, 0) is 18.6 Å². The van der Waals surface area contributed by atoms with Crippen LogP contribution in [0.4, 0.5) is 0 Å². The van der Waals surface area contributed by atoms with E-state index in [1.54, 1.807) is 0 Å². The fourth-order valence-corrected chi connectivity index (χ4v) is 2.92. The van der Waals surface area contributed by atoms with Gasteiger partial charge in [0.2, 0.25) is 0 Å². The zero-order valence-corrected chi connectivity index (χ0v) is 13.6. The molecule has 0 saturated carbocycles. The largest absolute Gasteiger partial charge is 0.491 e. The number of para-hydroxylation sites is 1. The first-order valence-electron chi connectivity index (χ1n) is 7.68. The van der Waals surface area contributed by atoms with E-state index in [1.807, 2.05) is 36.1 Å². The van der Waals surface area contributed by atoms with Crippen molar-refractivity contribution in [3.8, 4) is 5.75 Å². The fraction of sp³-hybridized carbons (Fsp3) is 0.562. The Hall–Kier alpha value is -1.30. The zero-order valence-electron chi connectivity index (χ0n) is 12.9. The Morgan fingerprint density at radius 2 is 2.00 bits per heavy atom. The van der Waals surface area contributed by atoms with Crippen LogP contribution in [0, 0.1) is 0 Å². The van der Waals surface area contributed by atoms with E-state index in [9.17, 15) is 9.90 Å². The van der Waals surface area contributed by atoms with Gasteiger partial charge in [-0.25, -0.2) is 0 Å². The highest BCUT2D eigenvalue weighted by Crippen LogP contribution is 2.22. The summed E-state index contributed by atoms with van der Waals surface area (Å²) >= 11 is 6.04. The number of piperazine rings is 1. The van der Waals surface area contributed by atoms with Crippen molar-refractivity contribution in [3.05, 3.63) is 29.3 Å². The topological polar surface area (TPSA) is 53.0 Å². The van der Waals surface area contributed by atoms with Crippen molar-refractivity contribution in [2.75, 3.05) is 39.3 Å². The monoisotopic (exact) mass is 326 g/mol. The first-order chi connectivity index (χ1) is 10.6. The number of benzene rings is 1. The van der Waals surface area contributed by atoms with Gasteiger partial charge in [0.1, 0.15) is 18.4 Å². The average molecular weight is 327 g/mol. The van der Waals surface area contributed by atoms with Crippen molar-refractivity contribution in [1.29, 1.82) is 0 Å². The number of carbonyl (C=O) groups is 1. The molecule has 1 N–H and O–H groups in total. The smallest absolute Gasteiger partial charge is 0.320 e. The predicted octanol–water partition coefficient (Wildman–Crippen LogP) is 2.20. The Balaban J connectivity index is 1.72. The van der Waals surface area contributed by atoms with Crippen LogP contribution < -0.4 is 4.74 Å². The molecule has 0 radical (unpaired) electrons. The van der Waals surface area contributed by atoms with Crippen molar-refractivity contribution in [1.82, 2.24) is 9.80 Å². The summed E-state index contributed by atoms with van der Waals surface area (Å²) in [7, 11) is 0. The number of aliphatic carboxylic acids is 1. The van der Waals surface area contributed by atoms with Gasteiger partial charge in [0, 0.05) is 32.7 Å². The highest BCUT2D eigenvalue weighted by Gasteiger charge is 2.27. The van der Waals surface area contributed by atoms with Gasteiger partial charge in [0.25, 0.3) is 0 Å². The van der Waals surface area contributed by atoms with Crippen LogP contribution in [-0.4, -0.2) is 66.2 Å². The minimum Gasteiger partial charge on any atom is -0.491 e. The van der Waals surface area contributed by atoms with E-state index in [1.165, 1.54) is 0 Å². The minimum atomic E-state index is -0.724. The molecule has 22 heavy (non-hydrogen) atoms. The number of hydrogen-bond donors (Lipinski definition) is 1. The molecule has 1 fully saturated rings. The molecule has 2 rings (SSSR count). The van der Waals surface area contributed by atoms with Gasteiger partial charge < -0.3 is 9.84 Å². The maximum Gasteiger partial charge on any atom is 0.320 e. The summed E-state index contributed by atoms with van der Waals surface area (Å²) in [5.74, 6) is -0.0160. The van der Waals surface area contributed by atoms with Crippen molar-refractivity contribution in [2.45, 2.75) is 19.4 Å². The number of carboxylic acid groups (broad SMARTS) is 1. The molecule has 1 aromatic rings. The van der Waals surface area contributed by atoms with Crippen molar-refractivity contribution in [2.24, 2.45) is 0 Å². The summed E-state index contributed by atoms with van der Waals surface area (Å²) in [5, 5.41) is 9.82. The van der Waals surface area contributed by atoms with E-state index in [0.717, 1.165) is 32.7 Å². The lowest BCUT2D eigenvalue weighted by Crippen LogP contribution is -2.53. The van der Waals surface area contributed by atoms with Crippen LogP contribution in [0.1, 0.15) is 13.3 Å². The lowest BCUT2D eigenvalue weighted by atomic mass is 10.1. The molecular formula is C16H23ClN2O3. The Morgan fingerprint density at radius 3 is 2.59 bits per heavy atom. The van der Waals surface area contributed by atoms with Crippen LogP contribution in [0.15, 0.2) is 24.3 Å². The Labute approximate surface area is 136 Å². The number of ether oxygens (including phenoxy) is 1. The molecule has 1 aliphatic rings. The molecule has 5 nitrogen and oxygen atoms in total. The normalized spacial score (nSPS) is 18.1. The van der Waals surface area contributed by atoms with Crippen LogP contribution in [0.25, 0.3) is 0 Å². The number of hydrogen-bond acceptors (Lipinski definition) is 4. The predicted molar refractivity (Wildman–Crippen MR) is 86.7 cm³/mol. The second-order valence-electron chi connectivity index (χ2n) is 5.42. The first-order valence-corrected chi connectivity index (χ1v) is 8.06. The van der Waals surface area contributed by atoms with E-state index < -0.39 is 5.97 Å². The highest BCUT2D eigenvalue weighted by atomic mass is 35.5. The second kappa shape index (κ2) is 8.36. The molecule has 1 atom stereocenters.